The van der Waals surface area contributed by atoms with Gasteiger partial charge in [-0.2, -0.15) is 0 Å². The van der Waals surface area contributed by atoms with Crippen molar-refractivity contribution in [3.63, 3.8) is 0 Å². The molecular formula is C17H18FNO2S. The molecule has 2 aromatic rings. The van der Waals surface area contributed by atoms with Crippen LogP contribution in [0.1, 0.15) is 16.7 Å². The summed E-state index contributed by atoms with van der Waals surface area (Å²) < 4.78 is 25.1. The van der Waals surface area contributed by atoms with Gasteiger partial charge in [0.25, 0.3) is 0 Å². The second-order valence-electron chi connectivity index (χ2n) is 5.17. The lowest BCUT2D eigenvalue weighted by molar-refractivity contribution is -0.113. The first-order chi connectivity index (χ1) is 10.5. The normalized spacial score (nSPS) is 12.0. The Morgan fingerprint density at radius 2 is 1.77 bits per heavy atom. The number of carbonyl (C=O) groups excluding carboxylic acids is 1. The van der Waals surface area contributed by atoms with E-state index < -0.39 is 10.8 Å². The molecule has 0 bridgehead atoms. The Bertz CT molecular complexity index is 695. The fourth-order valence-corrected chi connectivity index (χ4v) is 3.22. The second kappa shape index (κ2) is 7.31. The number of hydrogen-bond acceptors (Lipinski definition) is 2. The van der Waals surface area contributed by atoms with Crippen LogP contribution in [0.5, 0.6) is 0 Å². The average molecular weight is 319 g/mol. The van der Waals surface area contributed by atoms with Gasteiger partial charge in [-0.05, 0) is 42.7 Å². The largest absolute Gasteiger partial charge is 0.325 e. The molecule has 0 spiro atoms. The van der Waals surface area contributed by atoms with Crippen molar-refractivity contribution in [2.75, 3.05) is 11.1 Å². The summed E-state index contributed by atoms with van der Waals surface area (Å²) in [5, 5.41) is 2.80. The molecule has 0 saturated heterocycles. The Hall–Kier alpha value is -2.01. The van der Waals surface area contributed by atoms with Crippen LogP contribution in [0, 0.1) is 19.7 Å². The van der Waals surface area contributed by atoms with Crippen molar-refractivity contribution >= 4 is 22.4 Å². The van der Waals surface area contributed by atoms with E-state index in [-0.39, 0.29) is 23.2 Å². The Labute approximate surface area is 132 Å². The lowest BCUT2D eigenvalue weighted by Gasteiger charge is -2.11. The van der Waals surface area contributed by atoms with Crippen molar-refractivity contribution in [2.24, 2.45) is 0 Å². The third-order valence-corrected chi connectivity index (χ3v) is 4.49. The minimum Gasteiger partial charge on any atom is -0.325 e. The number of aryl methyl sites for hydroxylation is 2. The van der Waals surface area contributed by atoms with Gasteiger partial charge in [0.15, 0.2) is 0 Å². The van der Waals surface area contributed by atoms with Crippen LogP contribution in [0.3, 0.4) is 0 Å². The van der Waals surface area contributed by atoms with Gasteiger partial charge < -0.3 is 5.32 Å². The quantitative estimate of drug-likeness (QED) is 0.919. The van der Waals surface area contributed by atoms with E-state index in [0.29, 0.717) is 5.56 Å². The van der Waals surface area contributed by atoms with Crippen LogP contribution in [-0.2, 0) is 21.3 Å². The molecule has 2 rings (SSSR count). The van der Waals surface area contributed by atoms with Gasteiger partial charge in [-0.25, -0.2) is 4.39 Å². The molecule has 0 radical (unpaired) electrons. The monoisotopic (exact) mass is 319 g/mol. The summed E-state index contributed by atoms with van der Waals surface area (Å²) in [6.45, 7) is 3.82. The van der Waals surface area contributed by atoms with Crippen LogP contribution in [0.25, 0.3) is 0 Å². The first-order valence-electron chi connectivity index (χ1n) is 6.91. The van der Waals surface area contributed by atoms with Crippen LogP contribution in [0.4, 0.5) is 10.1 Å². The topological polar surface area (TPSA) is 46.2 Å². The Balaban J connectivity index is 1.96. The Morgan fingerprint density at radius 3 is 2.41 bits per heavy atom. The highest BCUT2D eigenvalue weighted by Crippen LogP contribution is 2.19. The minimum absolute atomic E-state index is 0.107. The highest BCUT2D eigenvalue weighted by molar-refractivity contribution is 7.84. The number of carbonyl (C=O) groups is 1. The number of amides is 1. The van der Waals surface area contributed by atoms with Gasteiger partial charge in [0.1, 0.15) is 11.6 Å². The molecule has 1 amide bonds. The summed E-state index contributed by atoms with van der Waals surface area (Å²) in [5.41, 5.74) is 3.31. The SMILES string of the molecule is Cc1cccc(C)c1NC(=O)C[S@](=O)Cc1cccc(F)c1. The van der Waals surface area contributed by atoms with Gasteiger partial charge in [-0.3, -0.25) is 9.00 Å². The lowest BCUT2D eigenvalue weighted by atomic mass is 10.1. The van der Waals surface area contributed by atoms with Crippen molar-refractivity contribution in [2.45, 2.75) is 19.6 Å². The number of anilines is 1. The summed E-state index contributed by atoms with van der Waals surface area (Å²) in [6, 6.07) is 11.7. The number of benzene rings is 2. The van der Waals surface area contributed by atoms with Crippen LogP contribution >= 0.6 is 0 Å². The number of nitrogens with one attached hydrogen (secondary N) is 1. The molecule has 0 saturated carbocycles. The first-order valence-corrected chi connectivity index (χ1v) is 8.40. The van der Waals surface area contributed by atoms with Gasteiger partial charge in [-0.15, -0.1) is 0 Å². The highest BCUT2D eigenvalue weighted by Gasteiger charge is 2.11. The fraction of sp³-hybridized carbons (Fsp3) is 0.235. The van der Waals surface area contributed by atoms with Gasteiger partial charge in [-0.1, -0.05) is 30.3 Å². The third kappa shape index (κ3) is 4.49. The van der Waals surface area contributed by atoms with Crippen molar-refractivity contribution < 1.29 is 13.4 Å². The van der Waals surface area contributed by atoms with Crippen molar-refractivity contribution in [3.8, 4) is 0 Å². The Kier molecular flexibility index (Phi) is 5.44. The fourth-order valence-electron chi connectivity index (χ4n) is 2.20. The van der Waals surface area contributed by atoms with E-state index in [1.54, 1.807) is 12.1 Å². The molecule has 0 aliphatic carbocycles. The van der Waals surface area contributed by atoms with Crippen LogP contribution in [-0.4, -0.2) is 15.9 Å². The summed E-state index contributed by atoms with van der Waals surface area (Å²) in [7, 11) is -1.37. The van der Waals surface area contributed by atoms with E-state index in [4.69, 9.17) is 0 Å². The first kappa shape index (κ1) is 16.4. The van der Waals surface area contributed by atoms with Gasteiger partial charge in [0, 0.05) is 22.2 Å². The van der Waals surface area contributed by atoms with E-state index in [1.165, 1.54) is 12.1 Å². The van der Waals surface area contributed by atoms with E-state index in [1.807, 2.05) is 32.0 Å². The lowest BCUT2D eigenvalue weighted by Crippen LogP contribution is -2.21. The predicted molar refractivity (Wildman–Crippen MR) is 87.7 cm³/mol. The molecule has 0 aliphatic heterocycles. The zero-order valence-corrected chi connectivity index (χ0v) is 13.4. The standard InChI is InChI=1S/C17H18FNO2S/c1-12-5-3-6-13(2)17(12)19-16(20)11-22(21)10-14-7-4-8-15(18)9-14/h3-9H,10-11H2,1-2H3,(H,19,20)/t22-/m1/s1. The van der Waals surface area contributed by atoms with Crippen LogP contribution < -0.4 is 5.32 Å². The molecule has 1 atom stereocenters. The minimum atomic E-state index is -1.37. The zero-order chi connectivity index (χ0) is 16.1. The molecule has 0 unspecified atom stereocenters. The van der Waals surface area contributed by atoms with Crippen LogP contribution in [0.2, 0.25) is 0 Å². The maximum Gasteiger partial charge on any atom is 0.237 e. The van der Waals surface area contributed by atoms with Crippen molar-refractivity contribution in [1.29, 1.82) is 0 Å². The molecule has 3 nitrogen and oxygen atoms in total. The number of hydrogen-bond donors (Lipinski definition) is 1. The molecule has 0 aliphatic rings. The predicted octanol–water partition coefficient (Wildman–Crippen LogP) is 3.33. The van der Waals surface area contributed by atoms with E-state index in [9.17, 15) is 13.4 Å². The maximum absolute atomic E-state index is 13.1. The third-order valence-electron chi connectivity index (χ3n) is 3.25. The van der Waals surface area contributed by atoms with E-state index in [0.717, 1.165) is 16.8 Å². The number of halogens is 1. The van der Waals surface area contributed by atoms with Crippen molar-refractivity contribution in [3.05, 3.63) is 65.0 Å². The molecule has 0 aromatic heterocycles. The molecule has 1 N–H and O–H groups in total. The summed E-state index contributed by atoms with van der Waals surface area (Å²) in [5.74, 6) is -0.607. The molecule has 22 heavy (non-hydrogen) atoms. The molecule has 0 heterocycles. The Morgan fingerprint density at radius 1 is 1.14 bits per heavy atom. The van der Waals surface area contributed by atoms with Gasteiger partial charge >= 0.3 is 0 Å². The second-order valence-corrected chi connectivity index (χ2v) is 6.63. The van der Waals surface area contributed by atoms with Gasteiger partial charge in [0.2, 0.25) is 5.91 Å². The van der Waals surface area contributed by atoms with E-state index in [2.05, 4.69) is 5.32 Å². The molecule has 5 heteroatoms. The van der Waals surface area contributed by atoms with E-state index >= 15 is 0 Å². The number of para-hydroxylation sites is 1. The summed E-state index contributed by atoms with van der Waals surface area (Å²) in [4.78, 5) is 12.0. The van der Waals surface area contributed by atoms with Gasteiger partial charge in [0.05, 0.1) is 0 Å². The molecule has 116 valence electrons. The van der Waals surface area contributed by atoms with Crippen molar-refractivity contribution in [1.82, 2.24) is 0 Å². The average Bonchev–Trinajstić information content (AvgIpc) is 2.43. The number of rotatable bonds is 5. The molecule has 0 fully saturated rings. The molecule has 2 aromatic carbocycles. The smallest absolute Gasteiger partial charge is 0.237 e. The zero-order valence-electron chi connectivity index (χ0n) is 12.6. The molecular weight excluding hydrogens is 301 g/mol. The summed E-state index contributed by atoms with van der Waals surface area (Å²) in [6.07, 6.45) is 0. The summed E-state index contributed by atoms with van der Waals surface area (Å²) >= 11 is 0. The van der Waals surface area contributed by atoms with Crippen LogP contribution in [0.15, 0.2) is 42.5 Å². The highest BCUT2D eigenvalue weighted by atomic mass is 32.2. The maximum atomic E-state index is 13.1.